The van der Waals surface area contributed by atoms with Crippen LogP contribution in [-0.4, -0.2) is 69.8 Å². The van der Waals surface area contributed by atoms with Gasteiger partial charge in [-0.25, -0.2) is 4.98 Å². The van der Waals surface area contributed by atoms with E-state index in [1.165, 1.54) is 17.8 Å². The molecule has 7 heteroatoms. The predicted molar refractivity (Wildman–Crippen MR) is 130 cm³/mol. The molecule has 0 saturated carbocycles. The van der Waals surface area contributed by atoms with Gasteiger partial charge in [-0.05, 0) is 62.7 Å². The van der Waals surface area contributed by atoms with Gasteiger partial charge < -0.3 is 20.1 Å². The van der Waals surface area contributed by atoms with Crippen molar-refractivity contribution < 1.29 is 9.59 Å². The summed E-state index contributed by atoms with van der Waals surface area (Å²) in [7, 11) is 0. The highest BCUT2D eigenvalue weighted by molar-refractivity contribution is 5.90. The molecule has 2 fully saturated rings. The predicted octanol–water partition coefficient (Wildman–Crippen LogP) is 2.94. The van der Waals surface area contributed by atoms with Crippen LogP contribution in [0.2, 0.25) is 0 Å². The molecule has 1 aliphatic carbocycles. The lowest BCUT2D eigenvalue weighted by Gasteiger charge is -2.42. The zero-order chi connectivity index (χ0) is 23.5. The zero-order valence-electron chi connectivity index (χ0n) is 21.0. The van der Waals surface area contributed by atoms with Gasteiger partial charge in [0.1, 0.15) is 11.9 Å². The number of hydrogen-bond acceptors (Lipinski definition) is 4. The van der Waals surface area contributed by atoms with Gasteiger partial charge in [-0.15, -0.1) is 0 Å². The summed E-state index contributed by atoms with van der Waals surface area (Å²) in [4.78, 5) is 39.2. The maximum Gasteiger partial charge on any atom is 0.245 e. The molecule has 0 unspecified atom stereocenters. The average Bonchev–Trinajstić information content (AvgIpc) is 3.35. The number of aromatic amines is 1. The molecule has 0 spiro atoms. The number of piperidine rings is 1. The van der Waals surface area contributed by atoms with E-state index in [4.69, 9.17) is 4.98 Å². The number of hydrogen-bond donors (Lipinski definition) is 2. The van der Waals surface area contributed by atoms with Crippen LogP contribution in [0.3, 0.4) is 0 Å². The van der Waals surface area contributed by atoms with Crippen molar-refractivity contribution in [3.8, 4) is 0 Å². The van der Waals surface area contributed by atoms with Crippen LogP contribution in [0.25, 0.3) is 0 Å². The first-order chi connectivity index (χ1) is 15.8. The Morgan fingerprint density at radius 3 is 2.52 bits per heavy atom. The number of nitrogens with zero attached hydrogens (tertiary/aromatic N) is 3. The molecule has 2 atom stereocenters. The second kappa shape index (κ2) is 10.6. The molecule has 1 aromatic heterocycles. The van der Waals surface area contributed by atoms with Crippen molar-refractivity contribution in [2.45, 2.75) is 91.1 Å². The topological polar surface area (TPSA) is 81.3 Å². The van der Waals surface area contributed by atoms with E-state index >= 15 is 0 Å². The van der Waals surface area contributed by atoms with Crippen molar-refractivity contribution in [3.05, 3.63) is 17.2 Å². The van der Waals surface area contributed by atoms with E-state index in [1.54, 1.807) is 0 Å². The number of aromatic nitrogens is 2. The summed E-state index contributed by atoms with van der Waals surface area (Å²) in [5.74, 6) is 2.76. The molecule has 2 aliphatic heterocycles. The molecule has 3 aliphatic rings. The van der Waals surface area contributed by atoms with Crippen molar-refractivity contribution in [3.63, 3.8) is 0 Å². The Labute approximate surface area is 199 Å². The van der Waals surface area contributed by atoms with Crippen molar-refractivity contribution in [1.82, 2.24) is 25.1 Å². The molecule has 1 aromatic rings. The van der Waals surface area contributed by atoms with Crippen molar-refractivity contribution >= 4 is 11.8 Å². The van der Waals surface area contributed by atoms with Gasteiger partial charge >= 0.3 is 0 Å². The standard InChI is InChI=1S/C26H43N5O2/c1-17(2)14-22-25(32)31(13-10-27-22)23(15-18(3)4)26(33)30-11-8-19(9-12-30)16-24-28-20-6-5-7-21(20)29-24/h17-19,22-23,27H,5-16H2,1-4H3,(H,28,29)/t22-,23-/m0/s1. The molecular weight excluding hydrogens is 414 g/mol. The SMILES string of the molecule is CC(C)C[C@@H]1NCCN([C@@H](CC(C)C)C(=O)N2CCC(Cc3nc4c([nH]3)CCC4)CC2)C1=O. The van der Waals surface area contributed by atoms with E-state index in [-0.39, 0.29) is 23.9 Å². The average molecular weight is 458 g/mol. The largest absolute Gasteiger partial charge is 0.346 e. The lowest BCUT2D eigenvalue weighted by molar-refractivity contribution is -0.150. The first-order valence-corrected chi connectivity index (χ1v) is 13.2. The molecule has 2 amide bonds. The van der Waals surface area contributed by atoms with Crippen molar-refractivity contribution in [2.24, 2.45) is 17.8 Å². The number of aryl methyl sites for hydroxylation is 2. The summed E-state index contributed by atoms with van der Waals surface area (Å²) in [5, 5.41) is 3.37. The van der Waals surface area contributed by atoms with E-state index < -0.39 is 0 Å². The van der Waals surface area contributed by atoms with Gasteiger partial charge in [-0.1, -0.05) is 27.7 Å². The third kappa shape index (κ3) is 5.79. The highest BCUT2D eigenvalue weighted by atomic mass is 16.2. The fourth-order valence-corrected chi connectivity index (χ4v) is 5.82. The van der Waals surface area contributed by atoms with Gasteiger partial charge in [0.25, 0.3) is 0 Å². The smallest absolute Gasteiger partial charge is 0.245 e. The number of piperazine rings is 1. The van der Waals surface area contributed by atoms with Gasteiger partial charge in [0.15, 0.2) is 0 Å². The molecule has 2 saturated heterocycles. The van der Waals surface area contributed by atoms with Crippen LogP contribution in [0.1, 0.15) is 77.0 Å². The second-order valence-electron chi connectivity index (χ2n) is 11.2. The quantitative estimate of drug-likeness (QED) is 0.629. The van der Waals surface area contributed by atoms with Gasteiger partial charge in [0, 0.05) is 38.3 Å². The Balaban J connectivity index is 1.36. The fraction of sp³-hybridized carbons (Fsp3) is 0.808. The maximum absolute atomic E-state index is 13.7. The summed E-state index contributed by atoms with van der Waals surface area (Å²) < 4.78 is 0. The molecule has 184 valence electrons. The first kappa shape index (κ1) is 24.2. The van der Waals surface area contributed by atoms with E-state index in [1.807, 2.05) is 9.80 Å². The Hall–Kier alpha value is -1.89. The lowest BCUT2D eigenvalue weighted by atomic mass is 9.91. The molecule has 3 heterocycles. The Kier molecular flexibility index (Phi) is 7.77. The van der Waals surface area contributed by atoms with E-state index in [0.717, 1.165) is 70.4 Å². The van der Waals surface area contributed by atoms with Gasteiger partial charge in [-0.2, -0.15) is 0 Å². The Morgan fingerprint density at radius 1 is 1.09 bits per heavy atom. The number of H-pyrrole nitrogens is 1. The van der Waals surface area contributed by atoms with Crippen LogP contribution in [0.5, 0.6) is 0 Å². The molecule has 33 heavy (non-hydrogen) atoms. The maximum atomic E-state index is 13.7. The number of amides is 2. The minimum Gasteiger partial charge on any atom is -0.346 e. The minimum absolute atomic E-state index is 0.106. The highest BCUT2D eigenvalue weighted by Gasteiger charge is 2.39. The lowest BCUT2D eigenvalue weighted by Crippen LogP contribution is -2.62. The summed E-state index contributed by atoms with van der Waals surface area (Å²) in [5.41, 5.74) is 2.61. The van der Waals surface area contributed by atoms with Crippen molar-refractivity contribution in [2.75, 3.05) is 26.2 Å². The summed E-state index contributed by atoms with van der Waals surface area (Å²) in [6, 6.07) is -0.499. The molecule has 0 bridgehead atoms. The van der Waals surface area contributed by atoms with Crippen LogP contribution in [-0.2, 0) is 28.9 Å². The summed E-state index contributed by atoms with van der Waals surface area (Å²) in [6.45, 7) is 11.5. The molecule has 4 rings (SSSR count). The Morgan fingerprint density at radius 2 is 1.85 bits per heavy atom. The van der Waals surface area contributed by atoms with E-state index in [2.05, 4.69) is 38.0 Å². The number of carbonyl (C=O) groups is 2. The molecule has 2 N–H and O–H groups in total. The molecule has 7 nitrogen and oxygen atoms in total. The Bertz CT molecular complexity index is 803. The number of likely N-dealkylation sites (tertiary alicyclic amines) is 1. The fourth-order valence-electron chi connectivity index (χ4n) is 5.82. The minimum atomic E-state index is -0.334. The van der Waals surface area contributed by atoms with E-state index in [9.17, 15) is 9.59 Å². The third-order valence-electron chi connectivity index (χ3n) is 7.55. The zero-order valence-corrected chi connectivity index (χ0v) is 21.0. The van der Waals surface area contributed by atoms with Crippen LogP contribution in [0, 0.1) is 17.8 Å². The molecule has 0 radical (unpaired) electrons. The van der Waals surface area contributed by atoms with Crippen LogP contribution in [0.4, 0.5) is 0 Å². The van der Waals surface area contributed by atoms with Crippen molar-refractivity contribution in [1.29, 1.82) is 0 Å². The number of fused-ring (bicyclic) bond motifs is 1. The van der Waals surface area contributed by atoms with Gasteiger partial charge in [0.2, 0.25) is 11.8 Å². The number of imidazole rings is 1. The third-order valence-corrected chi connectivity index (χ3v) is 7.55. The molecule has 0 aromatic carbocycles. The van der Waals surface area contributed by atoms with Crippen LogP contribution < -0.4 is 5.32 Å². The monoisotopic (exact) mass is 457 g/mol. The highest BCUT2D eigenvalue weighted by Crippen LogP contribution is 2.26. The summed E-state index contributed by atoms with van der Waals surface area (Å²) >= 11 is 0. The number of nitrogens with one attached hydrogen (secondary N) is 2. The number of carbonyl (C=O) groups excluding carboxylic acids is 2. The second-order valence-corrected chi connectivity index (χ2v) is 11.2. The van der Waals surface area contributed by atoms with E-state index in [0.29, 0.717) is 24.3 Å². The summed E-state index contributed by atoms with van der Waals surface area (Å²) in [6.07, 6.45) is 8.02. The van der Waals surface area contributed by atoms with Crippen LogP contribution in [0.15, 0.2) is 0 Å². The van der Waals surface area contributed by atoms with Gasteiger partial charge in [-0.3, -0.25) is 9.59 Å². The first-order valence-electron chi connectivity index (χ1n) is 13.2. The molecular formula is C26H43N5O2. The number of rotatable bonds is 8. The normalized spacial score (nSPS) is 23.0. The van der Waals surface area contributed by atoms with Gasteiger partial charge in [0.05, 0.1) is 11.7 Å². The van der Waals surface area contributed by atoms with Crippen LogP contribution >= 0.6 is 0 Å².